The second-order valence-corrected chi connectivity index (χ2v) is 8.97. The zero-order valence-electron chi connectivity index (χ0n) is 20.1. The van der Waals surface area contributed by atoms with Crippen LogP contribution in [0.1, 0.15) is 40.7 Å². The van der Waals surface area contributed by atoms with Crippen LogP contribution in [0.5, 0.6) is 11.5 Å². The quantitative estimate of drug-likeness (QED) is 0.272. The van der Waals surface area contributed by atoms with Crippen LogP contribution in [0.3, 0.4) is 0 Å². The van der Waals surface area contributed by atoms with Crippen molar-refractivity contribution in [1.82, 2.24) is 0 Å². The van der Waals surface area contributed by atoms with E-state index < -0.39 is 57.2 Å². The fraction of sp³-hybridized carbons (Fsp3) is 0.103. The molecule has 2 heterocycles. The van der Waals surface area contributed by atoms with Gasteiger partial charge in [-0.15, -0.1) is 0 Å². The topological polar surface area (TPSA) is 101 Å². The smallest absolute Gasteiger partial charge is 0.344 e. The Kier molecular flexibility index (Phi) is 5.86. The zero-order chi connectivity index (χ0) is 27.5. The summed E-state index contributed by atoms with van der Waals surface area (Å²) in [5.74, 6) is -5.40. The molecule has 192 valence electrons. The molecule has 0 aliphatic carbocycles. The number of benzene rings is 3. The van der Waals surface area contributed by atoms with Gasteiger partial charge in [-0.05, 0) is 73.0 Å². The first-order valence-electron chi connectivity index (χ1n) is 11.3. The average molecular weight is 520 g/mol. The van der Waals surface area contributed by atoms with Crippen LogP contribution in [-0.2, 0) is 0 Å². The Morgan fingerprint density at radius 3 is 1.74 bits per heavy atom. The largest absolute Gasteiger partial charge is 0.507 e. The highest BCUT2D eigenvalue weighted by atomic mass is 19.1. The predicted molar refractivity (Wildman–Crippen MR) is 135 cm³/mol. The molecule has 0 bridgehead atoms. The zero-order valence-corrected chi connectivity index (χ0v) is 20.1. The third-order valence-corrected chi connectivity index (χ3v) is 6.49. The van der Waals surface area contributed by atoms with Gasteiger partial charge in [0, 0.05) is 0 Å². The Balaban J connectivity index is 1.96. The van der Waals surface area contributed by atoms with Gasteiger partial charge in [0.05, 0.1) is 27.8 Å². The van der Waals surface area contributed by atoms with Gasteiger partial charge in [0.2, 0.25) is 0 Å². The molecule has 0 aliphatic rings. The van der Waals surface area contributed by atoms with E-state index in [0.29, 0.717) is 11.1 Å². The molecule has 5 aromatic rings. The molecule has 0 aliphatic heterocycles. The van der Waals surface area contributed by atoms with Crippen molar-refractivity contribution in [2.45, 2.75) is 19.8 Å². The van der Waals surface area contributed by atoms with Crippen molar-refractivity contribution in [3.63, 3.8) is 0 Å². The van der Waals surface area contributed by atoms with E-state index in [1.807, 2.05) is 0 Å². The number of allylic oxidation sites excluding steroid dienone is 1. The highest BCUT2D eigenvalue weighted by molar-refractivity contribution is 5.87. The van der Waals surface area contributed by atoms with E-state index in [2.05, 4.69) is 6.58 Å². The molecule has 9 heteroatoms. The molecular formula is C29H19F3O6. The van der Waals surface area contributed by atoms with Gasteiger partial charge in [-0.2, -0.15) is 0 Å². The van der Waals surface area contributed by atoms with Gasteiger partial charge in [-0.25, -0.2) is 22.8 Å². The molecule has 0 amide bonds. The summed E-state index contributed by atoms with van der Waals surface area (Å²) >= 11 is 0. The molecule has 38 heavy (non-hydrogen) atoms. The first-order chi connectivity index (χ1) is 18.0. The number of aromatic hydroxyl groups is 2. The summed E-state index contributed by atoms with van der Waals surface area (Å²) in [4.78, 5) is 26.5. The lowest BCUT2D eigenvalue weighted by atomic mass is 9.82. The molecule has 0 saturated heterocycles. The van der Waals surface area contributed by atoms with Crippen molar-refractivity contribution >= 4 is 27.5 Å². The van der Waals surface area contributed by atoms with Crippen molar-refractivity contribution in [3.05, 3.63) is 121 Å². The molecular weight excluding hydrogens is 501 g/mol. The fourth-order valence-corrected chi connectivity index (χ4v) is 4.64. The monoisotopic (exact) mass is 520 g/mol. The number of rotatable bonds is 4. The van der Waals surface area contributed by atoms with Gasteiger partial charge in [-0.1, -0.05) is 18.2 Å². The van der Waals surface area contributed by atoms with Crippen LogP contribution in [0, 0.1) is 24.4 Å². The minimum Gasteiger partial charge on any atom is -0.507 e. The summed E-state index contributed by atoms with van der Waals surface area (Å²) in [5.41, 5.74) is -2.76. The van der Waals surface area contributed by atoms with Gasteiger partial charge < -0.3 is 19.0 Å². The maximum atomic E-state index is 15.1. The summed E-state index contributed by atoms with van der Waals surface area (Å²) in [6, 6.07) is 8.62. The molecule has 2 aromatic heterocycles. The predicted octanol–water partition coefficient (Wildman–Crippen LogP) is 6.25. The maximum absolute atomic E-state index is 15.1. The van der Waals surface area contributed by atoms with Gasteiger partial charge in [0.1, 0.15) is 40.1 Å². The van der Waals surface area contributed by atoms with E-state index in [4.69, 9.17) is 8.83 Å². The molecule has 5 rings (SSSR count). The first kappa shape index (κ1) is 24.9. The molecule has 0 spiro atoms. The summed E-state index contributed by atoms with van der Waals surface area (Å²) in [6.45, 7) is 6.96. The summed E-state index contributed by atoms with van der Waals surface area (Å²) in [7, 11) is 0. The Labute approximate surface area is 212 Å². The van der Waals surface area contributed by atoms with Crippen LogP contribution in [-0.4, -0.2) is 10.2 Å². The minimum absolute atomic E-state index is 0.0530. The third-order valence-electron chi connectivity index (χ3n) is 6.49. The van der Waals surface area contributed by atoms with Crippen LogP contribution in [0.25, 0.3) is 27.5 Å². The van der Waals surface area contributed by atoms with Crippen molar-refractivity contribution < 1.29 is 32.2 Å². The molecule has 6 nitrogen and oxygen atoms in total. The Morgan fingerprint density at radius 2 is 1.29 bits per heavy atom. The highest BCUT2D eigenvalue weighted by Crippen LogP contribution is 2.43. The molecule has 0 unspecified atom stereocenters. The molecule has 0 radical (unpaired) electrons. The SMILES string of the molecule is C=C(C)c1cc(C(c2c(O)c3cc(F)ccc3oc2=O)c2c(O)c3cc(F)ccc3oc2=O)cc(F)c1C. The average Bonchev–Trinajstić information content (AvgIpc) is 2.85. The fourth-order valence-electron chi connectivity index (χ4n) is 4.64. The van der Waals surface area contributed by atoms with E-state index >= 15 is 4.39 Å². The van der Waals surface area contributed by atoms with Crippen LogP contribution in [0.2, 0.25) is 0 Å². The van der Waals surface area contributed by atoms with E-state index in [9.17, 15) is 28.6 Å². The summed E-state index contributed by atoms with van der Waals surface area (Å²) < 4.78 is 53.8. The van der Waals surface area contributed by atoms with Crippen LogP contribution >= 0.6 is 0 Å². The number of fused-ring (bicyclic) bond motifs is 2. The summed E-state index contributed by atoms with van der Waals surface area (Å²) in [6.07, 6.45) is 0. The Hall–Kier alpha value is -4.79. The van der Waals surface area contributed by atoms with Crippen LogP contribution in [0.4, 0.5) is 13.2 Å². The standard InChI is InChI=1S/C29H19F3O6/c1-12(2)17-8-14(9-20(32)13(17)3)23(24-26(33)18-10-15(30)4-6-21(18)37-28(24)35)25-27(34)19-11-16(31)5-7-22(19)38-29(25)36/h4-11,23,33-34H,1H2,2-3H3. The number of hydrogen-bond donors (Lipinski definition) is 2. The molecule has 0 atom stereocenters. The second-order valence-electron chi connectivity index (χ2n) is 8.97. The van der Waals surface area contributed by atoms with E-state index in [0.717, 1.165) is 42.5 Å². The lowest BCUT2D eigenvalue weighted by molar-refractivity contribution is 0.440. The van der Waals surface area contributed by atoms with E-state index in [-0.39, 0.29) is 33.1 Å². The van der Waals surface area contributed by atoms with Gasteiger partial charge >= 0.3 is 11.3 Å². The molecule has 2 N–H and O–H groups in total. The Morgan fingerprint density at radius 1 is 0.816 bits per heavy atom. The van der Waals surface area contributed by atoms with Crippen molar-refractivity contribution in [3.8, 4) is 11.5 Å². The molecule has 3 aromatic carbocycles. The van der Waals surface area contributed by atoms with Crippen molar-refractivity contribution in [2.75, 3.05) is 0 Å². The van der Waals surface area contributed by atoms with Gasteiger partial charge in [0.15, 0.2) is 0 Å². The Bertz CT molecular complexity index is 1810. The maximum Gasteiger partial charge on any atom is 0.344 e. The van der Waals surface area contributed by atoms with Crippen LogP contribution < -0.4 is 11.3 Å². The van der Waals surface area contributed by atoms with Gasteiger partial charge in [0.25, 0.3) is 0 Å². The van der Waals surface area contributed by atoms with E-state index in [1.54, 1.807) is 6.92 Å². The van der Waals surface area contributed by atoms with Crippen molar-refractivity contribution in [1.29, 1.82) is 0 Å². The lowest BCUT2D eigenvalue weighted by Gasteiger charge is -2.21. The number of halogens is 3. The normalized spacial score (nSPS) is 11.5. The lowest BCUT2D eigenvalue weighted by Crippen LogP contribution is -2.21. The third kappa shape index (κ3) is 3.92. The molecule has 0 fully saturated rings. The molecule has 0 saturated carbocycles. The first-order valence-corrected chi connectivity index (χ1v) is 11.3. The highest BCUT2D eigenvalue weighted by Gasteiger charge is 2.33. The minimum atomic E-state index is -1.67. The second kappa shape index (κ2) is 8.95. The summed E-state index contributed by atoms with van der Waals surface area (Å²) in [5, 5.41) is 22.0. The van der Waals surface area contributed by atoms with Crippen LogP contribution in [0.15, 0.2) is 73.5 Å². The van der Waals surface area contributed by atoms with Gasteiger partial charge in [-0.3, -0.25) is 0 Å². The van der Waals surface area contributed by atoms with Crippen molar-refractivity contribution in [2.24, 2.45) is 0 Å². The number of hydrogen-bond acceptors (Lipinski definition) is 6. The van der Waals surface area contributed by atoms with E-state index in [1.165, 1.54) is 13.0 Å².